The van der Waals surface area contributed by atoms with Crippen LogP contribution in [-0.2, 0) is 0 Å². The average Bonchev–Trinajstić information content (AvgIpc) is 3.31. The molecule has 0 saturated heterocycles. The van der Waals surface area contributed by atoms with E-state index in [1.54, 1.807) is 7.11 Å². The zero-order valence-corrected chi connectivity index (χ0v) is 15.1. The number of aromatic amines is 1. The SMILES string of the molecule is COc1ccc2nc([C@@H](C)NC(=O)c3ccnc4c(C(N)=O)cnn34)[nH]c2c1. The molecule has 1 atom stereocenters. The number of fused-ring (bicyclic) bond motifs is 2. The van der Waals surface area contributed by atoms with Gasteiger partial charge in [0.05, 0.1) is 30.4 Å². The van der Waals surface area contributed by atoms with Gasteiger partial charge in [-0.05, 0) is 25.1 Å². The second-order valence-corrected chi connectivity index (χ2v) is 6.19. The molecule has 0 spiro atoms. The van der Waals surface area contributed by atoms with E-state index in [9.17, 15) is 9.59 Å². The number of nitrogens with one attached hydrogen (secondary N) is 2. The van der Waals surface area contributed by atoms with Crippen molar-refractivity contribution in [1.29, 1.82) is 0 Å². The number of carbonyl (C=O) groups excluding carboxylic acids is 2. The molecule has 0 unspecified atom stereocenters. The standard InChI is InChI=1S/C18H17N7O3/c1-9(16-23-12-4-3-10(28-2)7-13(12)24-16)22-18(27)14-5-6-20-17-11(15(19)26)8-21-25(14)17/h3-9H,1-2H3,(H2,19,26)(H,22,27)(H,23,24)/t9-/m1/s1. The summed E-state index contributed by atoms with van der Waals surface area (Å²) in [7, 11) is 1.59. The number of carbonyl (C=O) groups is 2. The van der Waals surface area contributed by atoms with Crippen LogP contribution >= 0.6 is 0 Å². The van der Waals surface area contributed by atoms with E-state index in [2.05, 4.69) is 25.4 Å². The number of methoxy groups -OCH3 is 1. The van der Waals surface area contributed by atoms with Gasteiger partial charge in [0.2, 0.25) is 0 Å². The summed E-state index contributed by atoms with van der Waals surface area (Å²) in [6.45, 7) is 1.81. The van der Waals surface area contributed by atoms with Crippen LogP contribution in [0.4, 0.5) is 0 Å². The van der Waals surface area contributed by atoms with Crippen molar-refractivity contribution in [3.8, 4) is 5.75 Å². The number of imidazole rings is 1. The number of ether oxygens (including phenoxy) is 1. The van der Waals surface area contributed by atoms with Gasteiger partial charge in [-0.15, -0.1) is 0 Å². The molecule has 0 radical (unpaired) electrons. The zero-order chi connectivity index (χ0) is 19.8. The first kappa shape index (κ1) is 17.5. The maximum atomic E-state index is 12.8. The van der Waals surface area contributed by atoms with Crippen molar-refractivity contribution in [1.82, 2.24) is 29.9 Å². The molecule has 0 fully saturated rings. The molecule has 10 nitrogen and oxygen atoms in total. The number of hydrogen-bond donors (Lipinski definition) is 3. The van der Waals surface area contributed by atoms with E-state index in [0.717, 1.165) is 11.0 Å². The normalized spacial score (nSPS) is 12.2. The van der Waals surface area contributed by atoms with Gasteiger partial charge >= 0.3 is 0 Å². The number of rotatable bonds is 5. The molecule has 3 aromatic heterocycles. The quantitative estimate of drug-likeness (QED) is 0.476. The number of hydrogen-bond acceptors (Lipinski definition) is 6. The van der Waals surface area contributed by atoms with E-state index in [0.29, 0.717) is 11.6 Å². The summed E-state index contributed by atoms with van der Waals surface area (Å²) in [5.41, 5.74) is 7.48. The molecule has 0 bridgehead atoms. The monoisotopic (exact) mass is 379 g/mol. The van der Waals surface area contributed by atoms with Crippen molar-refractivity contribution in [2.45, 2.75) is 13.0 Å². The lowest BCUT2D eigenvalue weighted by molar-refractivity contribution is 0.0929. The van der Waals surface area contributed by atoms with E-state index in [1.165, 1.54) is 23.0 Å². The molecule has 0 aliphatic heterocycles. The van der Waals surface area contributed by atoms with Crippen LogP contribution in [0.1, 0.15) is 39.6 Å². The molecule has 28 heavy (non-hydrogen) atoms. The van der Waals surface area contributed by atoms with Crippen LogP contribution in [-0.4, -0.2) is 43.5 Å². The number of amides is 2. The molecular formula is C18H17N7O3. The third-order valence-electron chi connectivity index (χ3n) is 4.36. The van der Waals surface area contributed by atoms with Crippen molar-refractivity contribution in [2.24, 2.45) is 5.73 Å². The molecule has 4 aromatic rings. The fourth-order valence-corrected chi connectivity index (χ4v) is 2.92. The van der Waals surface area contributed by atoms with Crippen LogP contribution in [0, 0.1) is 0 Å². The molecule has 4 N–H and O–H groups in total. The minimum Gasteiger partial charge on any atom is -0.497 e. The maximum Gasteiger partial charge on any atom is 0.270 e. The fraction of sp³-hybridized carbons (Fsp3) is 0.167. The summed E-state index contributed by atoms with van der Waals surface area (Å²) in [5.74, 6) is 0.255. The predicted octanol–water partition coefficient (Wildman–Crippen LogP) is 1.20. The van der Waals surface area contributed by atoms with Crippen molar-refractivity contribution >= 4 is 28.5 Å². The highest BCUT2D eigenvalue weighted by Crippen LogP contribution is 2.21. The summed E-state index contributed by atoms with van der Waals surface area (Å²) < 4.78 is 6.49. The van der Waals surface area contributed by atoms with Gasteiger partial charge < -0.3 is 20.8 Å². The Kier molecular flexibility index (Phi) is 4.15. The Morgan fingerprint density at radius 3 is 2.89 bits per heavy atom. The van der Waals surface area contributed by atoms with E-state index < -0.39 is 17.9 Å². The van der Waals surface area contributed by atoms with Crippen molar-refractivity contribution < 1.29 is 14.3 Å². The van der Waals surface area contributed by atoms with Crippen molar-refractivity contribution in [3.63, 3.8) is 0 Å². The first-order valence-electron chi connectivity index (χ1n) is 8.45. The Bertz CT molecular complexity index is 1210. The van der Waals surface area contributed by atoms with Crippen LogP contribution < -0.4 is 15.8 Å². The van der Waals surface area contributed by atoms with Gasteiger partial charge in [0.15, 0.2) is 5.65 Å². The number of H-pyrrole nitrogens is 1. The Hall–Kier alpha value is -3.95. The molecule has 4 rings (SSSR count). The smallest absolute Gasteiger partial charge is 0.270 e. The molecule has 0 saturated carbocycles. The lowest BCUT2D eigenvalue weighted by Crippen LogP contribution is -2.29. The predicted molar refractivity (Wildman–Crippen MR) is 100 cm³/mol. The van der Waals surface area contributed by atoms with Crippen molar-refractivity contribution in [2.75, 3.05) is 7.11 Å². The van der Waals surface area contributed by atoms with Gasteiger partial charge in [0.25, 0.3) is 11.8 Å². The van der Waals surface area contributed by atoms with Gasteiger partial charge in [0.1, 0.15) is 22.8 Å². The lowest BCUT2D eigenvalue weighted by Gasteiger charge is -2.12. The van der Waals surface area contributed by atoms with Gasteiger partial charge in [-0.3, -0.25) is 9.59 Å². The molecule has 0 aliphatic rings. The minimum atomic E-state index is -0.661. The van der Waals surface area contributed by atoms with E-state index >= 15 is 0 Å². The highest BCUT2D eigenvalue weighted by molar-refractivity contribution is 5.99. The van der Waals surface area contributed by atoms with E-state index in [4.69, 9.17) is 10.5 Å². The van der Waals surface area contributed by atoms with E-state index in [1.807, 2.05) is 25.1 Å². The fourth-order valence-electron chi connectivity index (χ4n) is 2.92. The average molecular weight is 379 g/mol. The largest absolute Gasteiger partial charge is 0.497 e. The second-order valence-electron chi connectivity index (χ2n) is 6.19. The summed E-state index contributed by atoms with van der Waals surface area (Å²) in [6.07, 6.45) is 2.72. The molecule has 3 heterocycles. The van der Waals surface area contributed by atoms with Crippen LogP contribution in [0.5, 0.6) is 5.75 Å². The highest BCUT2D eigenvalue weighted by Gasteiger charge is 2.20. The summed E-state index contributed by atoms with van der Waals surface area (Å²) in [6, 6.07) is 6.60. The summed E-state index contributed by atoms with van der Waals surface area (Å²) >= 11 is 0. The van der Waals surface area contributed by atoms with Crippen molar-refractivity contribution in [3.05, 3.63) is 53.7 Å². The first-order valence-corrected chi connectivity index (χ1v) is 8.45. The first-order chi connectivity index (χ1) is 13.5. The molecule has 10 heteroatoms. The lowest BCUT2D eigenvalue weighted by atomic mass is 10.3. The Morgan fingerprint density at radius 2 is 2.14 bits per heavy atom. The number of aromatic nitrogens is 5. The number of primary amides is 1. The Labute approximate surface area is 158 Å². The maximum absolute atomic E-state index is 12.8. The molecule has 142 valence electrons. The second kappa shape index (κ2) is 6.65. The zero-order valence-electron chi connectivity index (χ0n) is 15.1. The van der Waals surface area contributed by atoms with Gasteiger partial charge in [-0.1, -0.05) is 0 Å². The van der Waals surface area contributed by atoms with Crippen LogP contribution in [0.3, 0.4) is 0 Å². The van der Waals surface area contributed by atoms with Crippen LogP contribution in [0.15, 0.2) is 36.7 Å². The summed E-state index contributed by atoms with van der Waals surface area (Å²) in [5, 5.41) is 6.91. The van der Waals surface area contributed by atoms with Gasteiger partial charge in [-0.25, -0.2) is 14.5 Å². The number of nitrogens with zero attached hydrogens (tertiary/aromatic N) is 4. The van der Waals surface area contributed by atoms with Crippen LogP contribution in [0.2, 0.25) is 0 Å². The van der Waals surface area contributed by atoms with E-state index in [-0.39, 0.29) is 16.9 Å². The molecule has 2 amide bonds. The Morgan fingerprint density at radius 1 is 1.32 bits per heavy atom. The molecule has 1 aromatic carbocycles. The van der Waals surface area contributed by atoms with Crippen LogP contribution in [0.25, 0.3) is 16.7 Å². The minimum absolute atomic E-state index is 0.147. The number of benzene rings is 1. The third-order valence-corrected chi connectivity index (χ3v) is 4.36. The summed E-state index contributed by atoms with van der Waals surface area (Å²) in [4.78, 5) is 36.0. The Balaban J connectivity index is 1.61. The topological polar surface area (TPSA) is 140 Å². The van der Waals surface area contributed by atoms with Gasteiger partial charge in [0, 0.05) is 12.3 Å². The molecular weight excluding hydrogens is 362 g/mol. The van der Waals surface area contributed by atoms with Gasteiger partial charge in [-0.2, -0.15) is 5.10 Å². The number of nitrogens with two attached hydrogens (primary N) is 1. The molecule has 0 aliphatic carbocycles. The third kappa shape index (κ3) is 2.90. The highest BCUT2D eigenvalue weighted by atomic mass is 16.5.